The van der Waals surface area contributed by atoms with Crippen molar-refractivity contribution in [1.29, 1.82) is 0 Å². The Morgan fingerprint density at radius 3 is 1.67 bits per heavy atom. The lowest BCUT2D eigenvalue weighted by Crippen LogP contribution is -2.21. The highest BCUT2D eigenvalue weighted by atomic mass is 16.6. The molecule has 0 heterocycles. The van der Waals surface area contributed by atoms with Crippen LogP contribution in [-0.2, 0) is 14.3 Å². The van der Waals surface area contributed by atoms with Gasteiger partial charge in [-0.3, -0.25) is 4.79 Å². The predicted octanol–water partition coefficient (Wildman–Crippen LogP) is 6.19. The van der Waals surface area contributed by atoms with Gasteiger partial charge in [0.2, 0.25) is 0 Å². The first-order chi connectivity index (χ1) is 13.2. The van der Waals surface area contributed by atoms with Gasteiger partial charge in [0.05, 0.1) is 19.8 Å². The zero-order chi connectivity index (χ0) is 20.0. The fraction of sp³-hybridized carbons (Fsp3) is 0.957. The normalized spacial score (nSPS) is 12.3. The van der Waals surface area contributed by atoms with Gasteiger partial charge in [0, 0.05) is 6.42 Å². The molecule has 0 aromatic heterocycles. The minimum Gasteiger partial charge on any atom is -0.460 e. The van der Waals surface area contributed by atoms with Crippen molar-refractivity contribution in [3.05, 3.63) is 0 Å². The van der Waals surface area contributed by atoms with Gasteiger partial charge in [-0.15, -0.1) is 0 Å². The van der Waals surface area contributed by atoms with Crippen molar-refractivity contribution >= 4 is 5.97 Å². The van der Waals surface area contributed by atoms with Gasteiger partial charge in [-0.05, 0) is 13.3 Å². The Kier molecular flexibility index (Phi) is 21.2. The van der Waals surface area contributed by atoms with E-state index in [1.54, 1.807) is 0 Å². The molecular formula is C23H46O4. The average molecular weight is 387 g/mol. The van der Waals surface area contributed by atoms with E-state index in [1.165, 1.54) is 83.5 Å². The van der Waals surface area contributed by atoms with Crippen molar-refractivity contribution in [1.82, 2.24) is 0 Å². The molecule has 0 saturated heterocycles. The van der Waals surface area contributed by atoms with Crippen LogP contribution in [-0.4, -0.2) is 37.0 Å². The molecule has 4 heteroatoms. The molecule has 0 bridgehead atoms. The number of hydrogen-bond acceptors (Lipinski definition) is 4. The summed E-state index contributed by atoms with van der Waals surface area (Å²) in [6, 6.07) is 0. The van der Waals surface area contributed by atoms with Gasteiger partial charge in [-0.2, -0.15) is 0 Å². The van der Waals surface area contributed by atoms with Crippen LogP contribution in [0.2, 0.25) is 0 Å². The molecule has 1 unspecified atom stereocenters. The lowest BCUT2D eigenvalue weighted by molar-refractivity contribution is -0.151. The van der Waals surface area contributed by atoms with Crippen molar-refractivity contribution in [2.75, 3.05) is 19.8 Å². The van der Waals surface area contributed by atoms with Gasteiger partial charge in [0.1, 0.15) is 6.10 Å². The SMILES string of the molecule is CCCCCCCCCCCCCCCCCC(=O)OC(C)COCCO. The van der Waals surface area contributed by atoms with E-state index in [-0.39, 0.29) is 18.7 Å². The smallest absolute Gasteiger partial charge is 0.306 e. The van der Waals surface area contributed by atoms with Crippen LogP contribution in [0.1, 0.15) is 117 Å². The number of aliphatic hydroxyl groups excluding tert-OH is 1. The molecule has 0 saturated carbocycles. The summed E-state index contributed by atoms with van der Waals surface area (Å²) in [5.41, 5.74) is 0. The summed E-state index contributed by atoms with van der Waals surface area (Å²) >= 11 is 0. The van der Waals surface area contributed by atoms with E-state index in [9.17, 15) is 4.79 Å². The second-order valence-electron chi connectivity index (χ2n) is 7.80. The molecule has 1 N–H and O–H groups in total. The lowest BCUT2D eigenvalue weighted by atomic mass is 10.0. The largest absolute Gasteiger partial charge is 0.460 e. The maximum Gasteiger partial charge on any atom is 0.306 e. The molecule has 0 aliphatic rings. The van der Waals surface area contributed by atoms with E-state index in [4.69, 9.17) is 14.6 Å². The zero-order valence-corrected chi connectivity index (χ0v) is 18.2. The summed E-state index contributed by atoms with van der Waals surface area (Å²) in [4.78, 5) is 11.7. The zero-order valence-electron chi connectivity index (χ0n) is 18.2. The summed E-state index contributed by atoms with van der Waals surface area (Å²) in [5, 5.41) is 8.63. The van der Waals surface area contributed by atoms with Gasteiger partial charge in [-0.25, -0.2) is 0 Å². The number of rotatable bonds is 21. The van der Waals surface area contributed by atoms with Crippen LogP contribution in [0.25, 0.3) is 0 Å². The van der Waals surface area contributed by atoms with E-state index < -0.39 is 0 Å². The summed E-state index contributed by atoms with van der Waals surface area (Å²) in [7, 11) is 0. The quantitative estimate of drug-likeness (QED) is 0.189. The van der Waals surface area contributed by atoms with E-state index in [0.717, 1.165) is 12.8 Å². The molecule has 0 aromatic rings. The third-order valence-electron chi connectivity index (χ3n) is 4.91. The Hall–Kier alpha value is -0.610. The highest BCUT2D eigenvalue weighted by Gasteiger charge is 2.09. The van der Waals surface area contributed by atoms with Crippen LogP contribution in [0.3, 0.4) is 0 Å². The van der Waals surface area contributed by atoms with Gasteiger partial charge in [-0.1, -0.05) is 96.8 Å². The number of ether oxygens (including phenoxy) is 2. The highest BCUT2D eigenvalue weighted by Crippen LogP contribution is 2.14. The van der Waals surface area contributed by atoms with Crippen LogP contribution in [0.5, 0.6) is 0 Å². The Morgan fingerprint density at radius 1 is 0.778 bits per heavy atom. The average Bonchev–Trinajstić information content (AvgIpc) is 2.65. The fourth-order valence-corrected chi connectivity index (χ4v) is 3.27. The Bertz CT molecular complexity index is 307. The number of esters is 1. The lowest BCUT2D eigenvalue weighted by Gasteiger charge is -2.13. The molecule has 4 nitrogen and oxygen atoms in total. The van der Waals surface area contributed by atoms with E-state index in [1.807, 2.05) is 6.92 Å². The second-order valence-corrected chi connectivity index (χ2v) is 7.80. The molecule has 0 aliphatic carbocycles. The number of carbonyl (C=O) groups is 1. The Labute approximate surface area is 168 Å². The molecule has 0 spiro atoms. The summed E-state index contributed by atoms with van der Waals surface area (Å²) in [5.74, 6) is -0.134. The van der Waals surface area contributed by atoms with Crippen LogP contribution in [0, 0.1) is 0 Å². The molecular weight excluding hydrogens is 340 g/mol. The topological polar surface area (TPSA) is 55.8 Å². The van der Waals surface area contributed by atoms with Gasteiger partial charge in [0.15, 0.2) is 0 Å². The number of unbranched alkanes of at least 4 members (excludes halogenated alkanes) is 14. The minimum atomic E-state index is -0.236. The first-order valence-corrected chi connectivity index (χ1v) is 11.6. The van der Waals surface area contributed by atoms with Crippen LogP contribution in [0.15, 0.2) is 0 Å². The third kappa shape index (κ3) is 21.5. The fourth-order valence-electron chi connectivity index (χ4n) is 3.27. The molecule has 0 radical (unpaired) electrons. The first kappa shape index (κ1) is 26.4. The summed E-state index contributed by atoms with van der Waals surface area (Å²) < 4.78 is 10.4. The monoisotopic (exact) mass is 386 g/mol. The molecule has 0 amide bonds. The third-order valence-corrected chi connectivity index (χ3v) is 4.91. The molecule has 0 aliphatic heterocycles. The maximum atomic E-state index is 11.7. The maximum absolute atomic E-state index is 11.7. The molecule has 0 rings (SSSR count). The van der Waals surface area contributed by atoms with Crippen LogP contribution < -0.4 is 0 Å². The molecule has 27 heavy (non-hydrogen) atoms. The second kappa shape index (κ2) is 21.7. The molecule has 162 valence electrons. The van der Waals surface area contributed by atoms with Gasteiger partial charge < -0.3 is 14.6 Å². The first-order valence-electron chi connectivity index (χ1n) is 11.6. The van der Waals surface area contributed by atoms with Crippen LogP contribution in [0.4, 0.5) is 0 Å². The van der Waals surface area contributed by atoms with Crippen molar-refractivity contribution in [3.63, 3.8) is 0 Å². The van der Waals surface area contributed by atoms with Crippen molar-refractivity contribution < 1.29 is 19.4 Å². The molecule has 1 atom stereocenters. The van der Waals surface area contributed by atoms with Gasteiger partial charge in [0.25, 0.3) is 0 Å². The van der Waals surface area contributed by atoms with Gasteiger partial charge >= 0.3 is 5.97 Å². The Morgan fingerprint density at radius 2 is 1.22 bits per heavy atom. The van der Waals surface area contributed by atoms with Crippen LogP contribution >= 0.6 is 0 Å². The number of hydrogen-bond donors (Lipinski definition) is 1. The van der Waals surface area contributed by atoms with E-state index in [2.05, 4.69) is 6.92 Å². The van der Waals surface area contributed by atoms with Crippen molar-refractivity contribution in [2.24, 2.45) is 0 Å². The predicted molar refractivity (Wildman–Crippen MR) is 113 cm³/mol. The number of carbonyl (C=O) groups excluding carboxylic acids is 1. The Balaban J connectivity index is 3.20. The van der Waals surface area contributed by atoms with E-state index >= 15 is 0 Å². The molecule has 0 fully saturated rings. The van der Waals surface area contributed by atoms with Crippen molar-refractivity contribution in [3.8, 4) is 0 Å². The minimum absolute atomic E-state index is 0.000207. The van der Waals surface area contributed by atoms with E-state index in [0.29, 0.717) is 19.6 Å². The standard InChI is InChI=1S/C23H46O4/c1-3-4-5-6-7-8-9-10-11-12-13-14-15-16-17-18-23(25)27-22(2)21-26-20-19-24/h22,24H,3-21H2,1-2H3. The summed E-state index contributed by atoms with van der Waals surface area (Å²) in [6.07, 6.45) is 20.2. The molecule has 0 aromatic carbocycles. The highest BCUT2D eigenvalue weighted by molar-refractivity contribution is 5.69. The number of aliphatic hydroxyl groups is 1. The summed E-state index contributed by atoms with van der Waals surface area (Å²) in [6.45, 7) is 4.74. The van der Waals surface area contributed by atoms with Crippen molar-refractivity contribution in [2.45, 2.75) is 123 Å².